The summed E-state index contributed by atoms with van der Waals surface area (Å²) in [6.07, 6.45) is -2.78. The average Bonchev–Trinajstić information content (AvgIpc) is 2.38. The molecule has 1 aromatic carbocycles. The van der Waals surface area contributed by atoms with Crippen LogP contribution in [0.2, 0.25) is 0 Å². The first kappa shape index (κ1) is 15.0. The predicted molar refractivity (Wildman–Crippen MR) is 62.8 cm³/mol. The Labute approximate surface area is 107 Å². The molecule has 0 spiro atoms. The zero-order chi connectivity index (χ0) is 14.6. The molecule has 0 aliphatic heterocycles. The molecule has 0 heterocycles. The van der Waals surface area contributed by atoms with E-state index in [1.54, 1.807) is 0 Å². The number of phenols is 1. The van der Waals surface area contributed by atoms with Gasteiger partial charge in [0.2, 0.25) is 5.75 Å². The summed E-state index contributed by atoms with van der Waals surface area (Å²) in [6, 6.07) is 1.91. The van der Waals surface area contributed by atoms with Gasteiger partial charge in [0.25, 0.3) is 0 Å². The molecule has 1 rings (SSSR count). The van der Waals surface area contributed by atoms with Crippen LogP contribution in [0, 0.1) is 10.1 Å². The van der Waals surface area contributed by atoms with Crippen molar-refractivity contribution < 1.29 is 30.1 Å². The van der Waals surface area contributed by atoms with Gasteiger partial charge < -0.3 is 20.4 Å². The molecule has 2 atom stereocenters. The third-order valence-corrected chi connectivity index (χ3v) is 2.60. The number of aromatic hydroxyl groups is 1. The van der Waals surface area contributed by atoms with Crippen LogP contribution in [0.15, 0.2) is 12.1 Å². The van der Waals surface area contributed by atoms with E-state index in [0.29, 0.717) is 0 Å². The third kappa shape index (κ3) is 3.25. The van der Waals surface area contributed by atoms with Crippen LogP contribution in [0.3, 0.4) is 0 Å². The van der Waals surface area contributed by atoms with Crippen LogP contribution in [0.5, 0.6) is 5.75 Å². The minimum absolute atomic E-state index is 0.0902. The number of hydrogen-bond acceptors (Lipinski definition) is 7. The number of aliphatic hydroxyl groups excluding tert-OH is 3. The maximum Gasteiger partial charge on any atom is 0.311 e. The molecule has 2 unspecified atom stereocenters. The maximum atomic E-state index is 10.7. The third-order valence-electron chi connectivity index (χ3n) is 2.60. The summed E-state index contributed by atoms with van der Waals surface area (Å²) in [5.41, 5.74) is -1.19. The van der Waals surface area contributed by atoms with Crippen LogP contribution >= 0.6 is 0 Å². The van der Waals surface area contributed by atoms with Crippen molar-refractivity contribution in [3.63, 3.8) is 0 Å². The number of hydrogen-bond donors (Lipinski definition) is 4. The lowest BCUT2D eigenvalue weighted by atomic mass is 9.99. The van der Waals surface area contributed by atoms with Crippen molar-refractivity contribution in [2.75, 3.05) is 6.61 Å². The number of aldehydes is 1. The Kier molecular flexibility index (Phi) is 4.93. The van der Waals surface area contributed by atoms with Gasteiger partial charge in [0.15, 0.2) is 6.29 Å². The van der Waals surface area contributed by atoms with E-state index in [1.807, 2.05) is 0 Å². The predicted octanol–water partition coefficient (Wildman–Crippen LogP) is -0.110. The summed E-state index contributed by atoms with van der Waals surface area (Å²) in [7, 11) is 0. The molecule has 4 N–H and O–H groups in total. The SMILES string of the molecule is O=Cc1cc(C(O)C(O)CCO)cc([N+](=O)[O-])c1O. The van der Waals surface area contributed by atoms with E-state index < -0.39 is 28.6 Å². The highest BCUT2D eigenvalue weighted by Gasteiger charge is 2.25. The van der Waals surface area contributed by atoms with Crippen molar-refractivity contribution in [2.45, 2.75) is 18.6 Å². The molecule has 0 amide bonds. The van der Waals surface area contributed by atoms with Crippen LogP contribution in [0.4, 0.5) is 5.69 Å². The van der Waals surface area contributed by atoms with Crippen molar-refractivity contribution in [1.82, 2.24) is 0 Å². The standard InChI is InChI=1S/C11H13NO7/c13-2-1-9(15)11(17)6-3-7(5-14)10(16)8(4-6)12(18)19/h3-5,9,11,13,15-17H,1-2H2. The number of phenolic OH excluding ortho intramolecular Hbond substituents is 1. The molecule has 0 aliphatic rings. The van der Waals surface area contributed by atoms with E-state index in [-0.39, 0.29) is 30.4 Å². The lowest BCUT2D eigenvalue weighted by Gasteiger charge is -2.17. The minimum atomic E-state index is -1.51. The number of nitro groups is 1. The summed E-state index contributed by atoms with van der Waals surface area (Å²) in [5, 5.41) is 48.1. The number of benzene rings is 1. The number of nitrogens with zero attached hydrogens (tertiary/aromatic N) is 1. The summed E-state index contributed by atoms with van der Waals surface area (Å²) in [5.74, 6) is -0.799. The minimum Gasteiger partial charge on any atom is -0.502 e. The van der Waals surface area contributed by atoms with Gasteiger partial charge in [-0.2, -0.15) is 0 Å². The van der Waals surface area contributed by atoms with Crippen molar-refractivity contribution >= 4 is 12.0 Å². The van der Waals surface area contributed by atoms with Gasteiger partial charge in [0, 0.05) is 12.7 Å². The van der Waals surface area contributed by atoms with E-state index in [9.17, 15) is 30.2 Å². The molecule has 0 saturated heterocycles. The van der Waals surface area contributed by atoms with Gasteiger partial charge in [-0.15, -0.1) is 0 Å². The Morgan fingerprint density at radius 2 is 2.00 bits per heavy atom. The monoisotopic (exact) mass is 271 g/mol. The topological polar surface area (TPSA) is 141 Å². The molecule has 8 nitrogen and oxygen atoms in total. The van der Waals surface area contributed by atoms with Crippen molar-refractivity contribution in [2.24, 2.45) is 0 Å². The molecule has 19 heavy (non-hydrogen) atoms. The summed E-state index contributed by atoms with van der Waals surface area (Å²) < 4.78 is 0. The summed E-state index contributed by atoms with van der Waals surface area (Å²) >= 11 is 0. The van der Waals surface area contributed by atoms with E-state index in [0.717, 1.165) is 12.1 Å². The smallest absolute Gasteiger partial charge is 0.311 e. The lowest BCUT2D eigenvalue weighted by Crippen LogP contribution is -2.19. The number of carbonyl (C=O) groups excluding carboxylic acids is 1. The van der Waals surface area contributed by atoms with Gasteiger partial charge in [0.05, 0.1) is 16.6 Å². The van der Waals surface area contributed by atoms with Gasteiger partial charge in [-0.1, -0.05) is 0 Å². The molecule has 0 saturated carbocycles. The summed E-state index contributed by atoms with van der Waals surface area (Å²) in [4.78, 5) is 20.5. The van der Waals surface area contributed by atoms with Crippen LogP contribution in [-0.4, -0.2) is 44.3 Å². The normalized spacial score (nSPS) is 13.8. The fourth-order valence-electron chi connectivity index (χ4n) is 1.58. The van der Waals surface area contributed by atoms with Crippen LogP contribution in [0.25, 0.3) is 0 Å². The van der Waals surface area contributed by atoms with Crippen molar-refractivity contribution in [3.8, 4) is 5.75 Å². The molecule has 8 heteroatoms. The van der Waals surface area contributed by atoms with Gasteiger partial charge in [-0.25, -0.2) is 0 Å². The Bertz CT molecular complexity index is 488. The Morgan fingerprint density at radius 1 is 1.37 bits per heavy atom. The highest BCUT2D eigenvalue weighted by atomic mass is 16.6. The first-order chi connectivity index (χ1) is 8.92. The number of aliphatic hydroxyl groups is 3. The molecule has 0 bridgehead atoms. The maximum absolute atomic E-state index is 10.7. The summed E-state index contributed by atoms with van der Waals surface area (Å²) in [6.45, 7) is -0.376. The molecule has 1 aromatic rings. The first-order valence-electron chi connectivity index (χ1n) is 5.35. The molecular weight excluding hydrogens is 258 g/mol. The highest BCUT2D eigenvalue weighted by Crippen LogP contribution is 2.33. The lowest BCUT2D eigenvalue weighted by molar-refractivity contribution is -0.386. The molecule has 104 valence electrons. The molecule has 0 radical (unpaired) electrons. The van der Waals surface area contributed by atoms with Gasteiger partial charge in [0.1, 0.15) is 6.10 Å². The first-order valence-corrected chi connectivity index (χ1v) is 5.35. The van der Waals surface area contributed by atoms with Gasteiger partial charge >= 0.3 is 5.69 Å². The van der Waals surface area contributed by atoms with Crippen LogP contribution in [-0.2, 0) is 0 Å². The molecule has 0 aliphatic carbocycles. The number of nitro benzene ring substituents is 1. The Hall–Kier alpha value is -2.03. The van der Waals surface area contributed by atoms with Crippen LogP contribution in [0.1, 0.15) is 28.4 Å². The zero-order valence-corrected chi connectivity index (χ0v) is 9.76. The second kappa shape index (κ2) is 6.23. The van der Waals surface area contributed by atoms with Crippen molar-refractivity contribution in [3.05, 3.63) is 33.4 Å². The number of carbonyl (C=O) groups is 1. The van der Waals surface area contributed by atoms with Crippen LogP contribution < -0.4 is 0 Å². The Morgan fingerprint density at radius 3 is 2.47 bits per heavy atom. The van der Waals surface area contributed by atoms with E-state index >= 15 is 0 Å². The molecule has 0 aromatic heterocycles. The van der Waals surface area contributed by atoms with Gasteiger partial charge in [-0.05, 0) is 18.1 Å². The fourth-order valence-corrected chi connectivity index (χ4v) is 1.58. The van der Waals surface area contributed by atoms with E-state index in [4.69, 9.17) is 5.11 Å². The van der Waals surface area contributed by atoms with Gasteiger partial charge in [-0.3, -0.25) is 14.9 Å². The largest absolute Gasteiger partial charge is 0.502 e. The number of rotatable bonds is 6. The highest BCUT2D eigenvalue weighted by molar-refractivity contribution is 5.82. The quantitative estimate of drug-likeness (QED) is 0.321. The second-order valence-corrected chi connectivity index (χ2v) is 3.88. The molecule has 0 fully saturated rings. The van der Waals surface area contributed by atoms with E-state index in [1.165, 1.54) is 0 Å². The second-order valence-electron chi connectivity index (χ2n) is 3.88. The van der Waals surface area contributed by atoms with E-state index in [2.05, 4.69) is 0 Å². The Balaban J connectivity index is 3.25. The fraction of sp³-hybridized carbons (Fsp3) is 0.364. The van der Waals surface area contributed by atoms with Crippen molar-refractivity contribution in [1.29, 1.82) is 0 Å². The molecular formula is C11H13NO7. The average molecular weight is 271 g/mol. The zero-order valence-electron chi connectivity index (χ0n) is 9.76.